The Hall–Kier alpha value is -0.690. The van der Waals surface area contributed by atoms with Gasteiger partial charge in [0.15, 0.2) is 0 Å². The van der Waals surface area contributed by atoms with E-state index in [1.54, 1.807) is 7.11 Å². The van der Waals surface area contributed by atoms with Gasteiger partial charge in [0.25, 0.3) is 0 Å². The van der Waals surface area contributed by atoms with Crippen LogP contribution in [0.15, 0.2) is 0 Å². The molecule has 0 aromatic carbocycles. The molecule has 1 amide bonds. The summed E-state index contributed by atoms with van der Waals surface area (Å²) in [5.41, 5.74) is -0.0792. The first kappa shape index (κ1) is 17.1. The zero-order valence-electron chi connectivity index (χ0n) is 14.1. The van der Waals surface area contributed by atoms with Gasteiger partial charge in [-0.1, -0.05) is 0 Å². The largest absolute Gasteiger partial charge is 0.381 e. The van der Waals surface area contributed by atoms with Crippen molar-refractivity contribution in [2.75, 3.05) is 53.2 Å². The quantitative estimate of drug-likeness (QED) is 0.760. The number of carbonyl (C=O) groups is 1. The Morgan fingerprint density at radius 2 is 2.00 bits per heavy atom. The summed E-state index contributed by atoms with van der Waals surface area (Å²) in [5, 5.41) is 0. The van der Waals surface area contributed by atoms with Gasteiger partial charge in [0.05, 0.1) is 24.9 Å². The zero-order valence-corrected chi connectivity index (χ0v) is 14.1. The predicted octanol–water partition coefficient (Wildman–Crippen LogP) is 1.23. The van der Waals surface area contributed by atoms with Crippen molar-refractivity contribution in [3.63, 3.8) is 0 Å². The monoisotopic (exact) mass is 327 g/mol. The van der Waals surface area contributed by atoms with E-state index in [2.05, 4.69) is 0 Å². The molecule has 0 N–H and O–H groups in total. The lowest BCUT2D eigenvalue weighted by Crippen LogP contribution is -2.47. The highest BCUT2D eigenvalue weighted by molar-refractivity contribution is 5.77. The maximum absolute atomic E-state index is 11.9. The topological polar surface area (TPSA) is 57.2 Å². The van der Waals surface area contributed by atoms with Crippen LogP contribution >= 0.6 is 0 Å². The first-order chi connectivity index (χ1) is 11.2. The van der Waals surface area contributed by atoms with Crippen LogP contribution < -0.4 is 0 Å². The highest BCUT2D eigenvalue weighted by atomic mass is 16.6. The third-order valence-corrected chi connectivity index (χ3v) is 5.38. The molecule has 6 nitrogen and oxygen atoms in total. The van der Waals surface area contributed by atoms with Gasteiger partial charge < -0.3 is 23.8 Å². The van der Waals surface area contributed by atoms with Crippen molar-refractivity contribution < 1.29 is 23.7 Å². The zero-order chi connectivity index (χ0) is 16.1. The Morgan fingerprint density at radius 1 is 1.26 bits per heavy atom. The highest BCUT2D eigenvalue weighted by Crippen LogP contribution is 2.37. The second-order valence-electron chi connectivity index (χ2n) is 7.02. The molecular formula is C17H29NO5. The van der Waals surface area contributed by atoms with Crippen LogP contribution in [-0.4, -0.2) is 75.7 Å². The first-order valence-electron chi connectivity index (χ1n) is 8.81. The summed E-state index contributed by atoms with van der Waals surface area (Å²) in [7, 11) is 1.56. The summed E-state index contributed by atoms with van der Waals surface area (Å²) in [6, 6.07) is 0. The second kappa shape index (κ2) is 7.92. The molecular weight excluding hydrogens is 298 g/mol. The van der Waals surface area contributed by atoms with Gasteiger partial charge in [-0.3, -0.25) is 4.79 Å². The van der Waals surface area contributed by atoms with Crippen molar-refractivity contribution in [3.8, 4) is 0 Å². The summed E-state index contributed by atoms with van der Waals surface area (Å²) >= 11 is 0. The minimum absolute atomic E-state index is 0.0765. The molecule has 0 aliphatic carbocycles. The van der Waals surface area contributed by atoms with Gasteiger partial charge in [0.1, 0.15) is 6.61 Å². The van der Waals surface area contributed by atoms with E-state index in [1.165, 1.54) is 0 Å². The van der Waals surface area contributed by atoms with Crippen LogP contribution in [0.25, 0.3) is 0 Å². The van der Waals surface area contributed by atoms with E-state index in [0.29, 0.717) is 12.5 Å². The van der Waals surface area contributed by atoms with Gasteiger partial charge in [0.2, 0.25) is 5.91 Å². The normalized spacial score (nSPS) is 28.4. The van der Waals surface area contributed by atoms with E-state index in [-0.39, 0.29) is 24.2 Å². The SMILES string of the molecule is COCC(=O)N1CCC2(CC1)C[C@H](OCC1CCOCC1)CO2. The standard InChI is InChI=1S/C17H29NO5/c1-20-13-16(19)18-6-4-17(5-7-18)10-15(12-23-17)22-11-14-2-8-21-9-3-14/h14-15H,2-13H2,1H3/t15-/m0/s1. The average Bonchev–Trinajstić information content (AvgIpc) is 2.98. The summed E-state index contributed by atoms with van der Waals surface area (Å²) in [4.78, 5) is 13.8. The molecule has 1 spiro atoms. The van der Waals surface area contributed by atoms with E-state index >= 15 is 0 Å². The van der Waals surface area contributed by atoms with Gasteiger partial charge in [0, 0.05) is 39.8 Å². The smallest absolute Gasteiger partial charge is 0.248 e. The van der Waals surface area contributed by atoms with Crippen molar-refractivity contribution in [3.05, 3.63) is 0 Å². The van der Waals surface area contributed by atoms with Crippen molar-refractivity contribution in [2.24, 2.45) is 5.92 Å². The van der Waals surface area contributed by atoms with Crippen LogP contribution in [0.2, 0.25) is 0 Å². The van der Waals surface area contributed by atoms with Crippen LogP contribution in [0, 0.1) is 5.92 Å². The maximum atomic E-state index is 11.9. The summed E-state index contributed by atoms with van der Waals surface area (Å²) in [5.74, 6) is 0.710. The number of ether oxygens (including phenoxy) is 4. The molecule has 0 aromatic rings. The van der Waals surface area contributed by atoms with Gasteiger partial charge in [-0.05, 0) is 31.6 Å². The molecule has 23 heavy (non-hydrogen) atoms. The van der Waals surface area contributed by atoms with Crippen LogP contribution in [0.5, 0.6) is 0 Å². The second-order valence-corrected chi connectivity index (χ2v) is 7.02. The number of likely N-dealkylation sites (tertiary alicyclic amines) is 1. The molecule has 3 aliphatic rings. The fraction of sp³-hybridized carbons (Fsp3) is 0.941. The summed E-state index contributed by atoms with van der Waals surface area (Å²) in [6.07, 6.45) is 5.19. The molecule has 3 saturated heterocycles. The molecule has 0 unspecified atom stereocenters. The third-order valence-electron chi connectivity index (χ3n) is 5.38. The van der Waals surface area contributed by atoms with Crippen molar-refractivity contribution in [1.29, 1.82) is 0 Å². The molecule has 3 fully saturated rings. The van der Waals surface area contributed by atoms with Crippen LogP contribution in [0.1, 0.15) is 32.1 Å². The molecule has 1 atom stereocenters. The van der Waals surface area contributed by atoms with Gasteiger partial charge in [-0.2, -0.15) is 0 Å². The van der Waals surface area contributed by atoms with Crippen molar-refractivity contribution in [2.45, 2.75) is 43.8 Å². The van der Waals surface area contributed by atoms with Crippen LogP contribution in [0.4, 0.5) is 0 Å². The average molecular weight is 327 g/mol. The highest BCUT2D eigenvalue weighted by Gasteiger charge is 2.43. The lowest BCUT2D eigenvalue weighted by atomic mass is 9.88. The van der Waals surface area contributed by atoms with E-state index in [9.17, 15) is 4.79 Å². The number of amides is 1. The number of rotatable bonds is 5. The Labute approximate surface area is 138 Å². The molecule has 0 saturated carbocycles. The lowest BCUT2D eigenvalue weighted by Gasteiger charge is -2.38. The van der Waals surface area contributed by atoms with Crippen molar-refractivity contribution >= 4 is 5.91 Å². The number of carbonyl (C=O) groups excluding carboxylic acids is 1. The number of hydrogen-bond donors (Lipinski definition) is 0. The van der Waals surface area contributed by atoms with E-state index in [4.69, 9.17) is 18.9 Å². The molecule has 132 valence electrons. The Balaban J connectivity index is 1.40. The summed E-state index contributed by atoms with van der Waals surface area (Å²) < 4.78 is 22.5. The predicted molar refractivity (Wildman–Crippen MR) is 84.3 cm³/mol. The van der Waals surface area contributed by atoms with Gasteiger partial charge in [-0.25, -0.2) is 0 Å². The summed E-state index contributed by atoms with van der Waals surface area (Å²) in [6.45, 7) is 4.94. The molecule has 3 rings (SSSR count). The molecule has 6 heteroatoms. The van der Waals surface area contributed by atoms with Gasteiger partial charge >= 0.3 is 0 Å². The first-order valence-corrected chi connectivity index (χ1v) is 8.81. The van der Waals surface area contributed by atoms with Crippen molar-refractivity contribution in [1.82, 2.24) is 4.90 Å². The number of methoxy groups -OCH3 is 1. The van der Waals surface area contributed by atoms with Crippen LogP contribution in [-0.2, 0) is 23.7 Å². The lowest BCUT2D eigenvalue weighted by molar-refractivity contribution is -0.139. The van der Waals surface area contributed by atoms with E-state index < -0.39 is 0 Å². The number of piperidine rings is 1. The molecule has 0 radical (unpaired) electrons. The molecule has 3 heterocycles. The molecule has 0 aromatic heterocycles. The fourth-order valence-corrected chi connectivity index (χ4v) is 3.82. The molecule has 0 bridgehead atoms. The van der Waals surface area contributed by atoms with E-state index in [0.717, 1.165) is 65.0 Å². The minimum Gasteiger partial charge on any atom is -0.381 e. The minimum atomic E-state index is -0.0792. The fourth-order valence-electron chi connectivity index (χ4n) is 3.82. The van der Waals surface area contributed by atoms with Crippen LogP contribution in [0.3, 0.4) is 0 Å². The molecule has 3 aliphatic heterocycles. The van der Waals surface area contributed by atoms with Gasteiger partial charge in [-0.15, -0.1) is 0 Å². The number of hydrogen-bond acceptors (Lipinski definition) is 5. The Kier molecular flexibility index (Phi) is 5.91. The van der Waals surface area contributed by atoms with E-state index in [1.807, 2.05) is 4.90 Å². The maximum Gasteiger partial charge on any atom is 0.248 e. The third kappa shape index (κ3) is 4.44. The number of nitrogens with zero attached hydrogens (tertiary/aromatic N) is 1. The Morgan fingerprint density at radius 3 is 2.70 bits per heavy atom. The Bertz CT molecular complexity index is 388.